The Balaban J connectivity index is 1.86. The first-order chi connectivity index (χ1) is 9.78. The van der Waals surface area contributed by atoms with Crippen molar-refractivity contribution in [2.75, 3.05) is 10.6 Å². The molecule has 3 rings (SSSR count). The summed E-state index contributed by atoms with van der Waals surface area (Å²) in [5.74, 6) is 0. The van der Waals surface area contributed by atoms with Gasteiger partial charge in [-0.2, -0.15) is 5.26 Å². The molecular weight excluding hydrogens is 246 g/mol. The maximum Gasteiger partial charge on any atom is 0.0991 e. The average molecular weight is 263 g/mol. The Kier molecular flexibility index (Phi) is 3.30. The van der Waals surface area contributed by atoms with Gasteiger partial charge in [0, 0.05) is 24.0 Å². The van der Waals surface area contributed by atoms with Gasteiger partial charge in [0.05, 0.1) is 11.6 Å². The van der Waals surface area contributed by atoms with E-state index >= 15 is 0 Å². The molecule has 0 bridgehead atoms. The van der Waals surface area contributed by atoms with Crippen LogP contribution in [0.1, 0.15) is 24.0 Å². The summed E-state index contributed by atoms with van der Waals surface area (Å²) in [6.45, 7) is 0.823. The van der Waals surface area contributed by atoms with Crippen molar-refractivity contribution < 1.29 is 0 Å². The molecule has 1 aliphatic rings. The van der Waals surface area contributed by atoms with Gasteiger partial charge in [-0.25, -0.2) is 0 Å². The third-order valence-corrected chi connectivity index (χ3v) is 3.71. The smallest absolute Gasteiger partial charge is 0.0991 e. The van der Waals surface area contributed by atoms with Gasteiger partial charge in [0.15, 0.2) is 0 Å². The van der Waals surface area contributed by atoms with E-state index in [1.807, 2.05) is 42.5 Å². The molecule has 0 unspecified atom stereocenters. The van der Waals surface area contributed by atoms with Crippen molar-refractivity contribution >= 4 is 11.4 Å². The molecular formula is C17H17N3. The molecule has 2 aromatic carbocycles. The van der Waals surface area contributed by atoms with Gasteiger partial charge in [0.25, 0.3) is 0 Å². The average Bonchev–Trinajstić information content (AvgIpc) is 3.31. The first kappa shape index (κ1) is 12.6. The number of para-hydroxylation sites is 1. The number of hydrogen-bond acceptors (Lipinski definition) is 3. The molecule has 0 saturated heterocycles. The van der Waals surface area contributed by atoms with E-state index in [9.17, 15) is 0 Å². The van der Waals surface area contributed by atoms with E-state index in [2.05, 4.69) is 17.0 Å². The van der Waals surface area contributed by atoms with Crippen LogP contribution in [0.3, 0.4) is 0 Å². The van der Waals surface area contributed by atoms with Gasteiger partial charge in [-0.3, -0.25) is 0 Å². The molecule has 0 amide bonds. The largest absolute Gasteiger partial charge is 0.398 e. The highest BCUT2D eigenvalue weighted by Gasteiger charge is 2.29. The first-order valence-corrected chi connectivity index (χ1v) is 6.88. The molecule has 0 spiro atoms. The number of nitrogens with zero attached hydrogens (tertiary/aromatic N) is 2. The Morgan fingerprint density at radius 3 is 2.40 bits per heavy atom. The van der Waals surface area contributed by atoms with Crippen LogP contribution in [-0.4, -0.2) is 6.04 Å². The van der Waals surface area contributed by atoms with Crippen molar-refractivity contribution in [2.24, 2.45) is 0 Å². The summed E-state index contributed by atoms with van der Waals surface area (Å²) in [4.78, 5) is 2.38. The zero-order valence-electron chi connectivity index (χ0n) is 11.3. The van der Waals surface area contributed by atoms with Crippen molar-refractivity contribution in [3.8, 4) is 6.07 Å². The summed E-state index contributed by atoms with van der Waals surface area (Å²) in [6.07, 6.45) is 2.46. The van der Waals surface area contributed by atoms with Crippen LogP contribution in [0.25, 0.3) is 0 Å². The van der Waals surface area contributed by atoms with Gasteiger partial charge in [-0.15, -0.1) is 0 Å². The predicted octanol–water partition coefficient (Wildman–Crippen LogP) is 3.31. The minimum Gasteiger partial charge on any atom is -0.398 e. The zero-order chi connectivity index (χ0) is 13.9. The van der Waals surface area contributed by atoms with Crippen LogP contribution in [0.5, 0.6) is 0 Å². The second-order valence-electron chi connectivity index (χ2n) is 5.22. The van der Waals surface area contributed by atoms with Crippen LogP contribution < -0.4 is 10.6 Å². The van der Waals surface area contributed by atoms with Gasteiger partial charge in [-0.1, -0.05) is 18.2 Å². The fraction of sp³-hybridized carbons (Fsp3) is 0.235. The molecule has 0 aliphatic heterocycles. The summed E-state index contributed by atoms with van der Waals surface area (Å²) >= 11 is 0. The summed E-state index contributed by atoms with van der Waals surface area (Å²) in [5.41, 5.74) is 9.90. The third kappa shape index (κ3) is 2.60. The van der Waals surface area contributed by atoms with Crippen molar-refractivity contribution in [1.29, 1.82) is 5.26 Å². The van der Waals surface area contributed by atoms with E-state index < -0.39 is 0 Å². The molecule has 0 radical (unpaired) electrons. The van der Waals surface area contributed by atoms with Gasteiger partial charge in [0.2, 0.25) is 0 Å². The molecule has 2 N–H and O–H groups in total. The normalized spacial score (nSPS) is 13.8. The Bertz CT molecular complexity index is 636. The van der Waals surface area contributed by atoms with Crippen molar-refractivity contribution in [2.45, 2.75) is 25.4 Å². The Morgan fingerprint density at radius 1 is 1.10 bits per heavy atom. The third-order valence-electron chi connectivity index (χ3n) is 3.71. The number of rotatable bonds is 4. The van der Waals surface area contributed by atoms with Crippen molar-refractivity contribution in [1.82, 2.24) is 0 Å². The van der Waals surface area contributed by atoms with E-state index in [0.29, 0.717) is 11.6 Å². The highest BCUT2D eigenvalue weighted by Crippen LogP contribution is 2.33. The van der Waals surface area contributed by atoms with Crippen molar-refractivity contribution in [3.63, 3.8) is 0 Å². The van der Waals surface area contributed by atoms with Crippen molar-refractivity contribution in [3.05, 3.63) is 59.7 Å². The molecule has 0 aromatic heterocycles. The number of hydrogen-bond donors (Lipinski definition) is 1. The van der Waals surface area contributed by atoms with E-state index in [1.165, 1.54) is 12.8 Å². The van der Waals surface area contributed by atoms with E-state index in [0.717, 1.165) is 23.5 Å². The maximum absolute atomic E-state index is 8.88. The fourth-order valence-corrected chi connectivity index (χ4v) is 2.41. The van der Waals surface area contributed by atoms with Crippen LogP contribution in [0.2, 0.25) is 0 Å². The number of nitrogen functional groups attached to an aromatic ring is 1. The van der Waals surface area contributed by atoms with Crippen LogP contribution in [0.4, 0.5) is 11.4 Å². The number of benzene rings is 2. The number of nitriles is 1. The fourth-order valence-electron chi connectivity index (χ4n) is 2.41. The molecule has 100 valence electrons. The monoisotopic (exact) mass is 263 g/mol. The molecule has 2 aromatic rings. The molecule has 0 atom stereocenters. The number of anilines is 2. The molecule has 3 heteroatoms. The van der Waals surface area contributed by atoms with Crippen LogP contribution in [0, 0.1) is 11.3 Å². The summed E-state index contributed by atoms with van der Waals surface area (Å²) in [7, 11) is 0. The van der Waals surface area contributed by atoms with Gasteiger partial charge in [0.1, 0.15) is 0 Å². The Hall–Kier alpha value is -2.47. The highest BCUT2D eigenvalue weighted by atomic mass is 15.2. The molecule has 1 aliphatic carbocycles. The topological polar surface area (TPSA) is 53.0 Å². The van der Waals surface area contributed by atoms with E-state index in [4.69, 9.17) is 11.0 Å². The SMILES string of the molecule is N#Cc1ccc(N(Cc2ccccc2N)C2CC2)cc1. The lowest BCUT2D eigenvalue weighted by Crippen LogP contribution is -2.25. The lowest BCUT2D eigenvalue weighted by molar-refractivity contribution is 0.796. The van der Waals surface area contributed by atoms with Crippen LogP contribution in [-0.2, 0) is 6.54 Å². The van der Waals surface area contributed by atoms with Crippen LogP contribution in [0.15, 0.2) is 48.5 Å². The summed E-state index contributed by atoms with van der Waals surface area (Å²) < 4.78 is 0. The maximum atomic E-state index is 8.88. The second-order valence-corrected chi connectivity index (χ2v) is 5.22. The number of nitrogens with two attached hydrogens (primary N) is 1. The predicted molar refractivity (Wildman–Crippen MR) is 81.2 cm³/mol. The van der Waals surface area contributed by atoms with Gasteiger partial charge >= 0.3 is 0 Å². The molecule has 3 nitrogen and oxygen atoms in total. The zero-order valence-corrected chi connectivity index (χ0v) is 11.3. The molecule has 1 fully saturated rings. The molecule has 0 heterocycles. The lowest BCUT2D eigenvalue weighted by Gasteiger charge is -2.25. The molecule has 1 saturated carbocycles. The van der Waals surface area contributed by atoms with Gasteiger partial charge < -0.3 is 10.6 Å². The lowest BCUT2D eigenvalue weighted by atomic mass is 10.1. The minimum atomic E-state index is 0.600. The summed E-state index contributed by atoms with van der Waals surface area (Å²) in [6, 6.07) is 18.6. The highest BCUT2D eigenvalue weighted by molar-refractivity contribution is 5.55. The molecule has 20 heavy (non-hydrogen) atoms. The van der Waals surface area contributed by atoms with E-state index in [1.54, 1.807) is 0 Å². The van der Waals surface area contributed by atoms with Crippen LogP contribution >= 0.6 is 0 Å². The first-order valence-electron chi connectivity index (χ1n) is 6.88. The van der Waals surface area contributed by atoms with Gasteiger partial charge in [-0.05, 0) is 48.7 Å². The van der Waals surface area contributed by atoms with E-state index in [-0.39, 0.29) is 0 Å². The summed E-state index contributed by atoms with van der Waals surface area (Å²) in [5, 5.41) is 8.88. The minimum absolute atomic E-state index is 0.600. The second kappa shape index (κ2) is 5.26. The Morgan fingerprint density at radius 2 is 1.80 bits per heavy atom. The Labute approximate surface area is 119 Å². The quantitative estimate of drug-likeness (QED) is 0.861. The standard InChI is InChI=1S/C17H17N3/c18-11-13-5-7-15(8-6-13)20(16-9-10-16)12-14-3-1-2-4-17(14)19/h1-8,16H,9-10,12,19H2.